The molecule has 0 aliphatic heterocycles. The SMILES string of the molecule is O=C([O-])c1ccc(-c2ccncc2)cc1.[Na+]. The first-order valence-corrected chi connectivity index (χ1v) is 4.49. The number of pyridine rings is 1. The summed E-state index contributed by atoms with van der Waals surface area (Å²) >= 11 is 0. The van der Waals surface area contributed by atoms with Crippen LogP contribution in [0, 0.1) is 0 Å². The van der Waals surface area contributed by atoms with Crippen molar-refractivity contribution in [2.45, 2.75) is 0 Å². The Bertz CT molecular complexity index is 468. The third-order valence-electron chi connectivity index (χ3n) is 2.13. The smallest absolute Gasteiger partial charge is 0.545 e. The van der Waals surface area contributed by atoms with Crippen LogP contribution in [0.4, 0.5) is 0 Å². The van der Waals surface area contributed by atoms with E-state index in [4.69, 9.17) is 0 Å². The van der Waals surface area contributed by atoms with Gasteiger partial charge in [0.05, 0.1) is 5.97 Å². The average Bonchev–Trinajstić information content (AvgIpc) is 2.30. The third-order valence-corrected chi connectivity index (χ3v) is 2.13. The number of carbonyl (C=O) groups excluding carboxylic acids is 1. The predicted octanol–water partition coefficient (Wildman–Crippen LogP) is -1.88. The fourth-order valence-electron chi connectivity index (χ4n) is 1.34. The standard InChI is InChI=1S/C12H9NO2.Na/c14-12(15)11-3-1-9(2-4-11)10-5-7-13-8-6-10;/h1-8H,(H,14,15);/q;+1/p-1. The van der Waals surface area contributed by atoms with E-state index in [0.717, 1.165) is 11.1 Å². The maximum absolute atomic E-state index is 10.5. The van der Waals surface area contributed by atoms with E-state index in [0.29, 0.717) is 0 Å². The number of nitrogens with zero attached hydrogens (tertiary/aromatic N) is 1. The van der Waals surface area contributed by atoms with Crippen LogP contribution in [0.25, 0.3) is 11.1 Å². The number of hydrogen-bond donors (Lipinski definition) is 0. The molecule has 0 saturated heterocycles. The molecular weight excluding hydrogens is 213 g/mol. The van der Waals surface area contributed by atoms with Crippen LogP contribution in [0.2, 0.25) is 0 Å². The summed E-state index contributed by atoms with van der Waals surface area (Å²) in [5.74, 6) is -1.16. The van der Waals surface area contributed by atoms with Gasteiger partial charge < -0.3 is 9.90 Å². The van der Waals surface area contributed by atoms with Gasteiger partial charge in [0.15, 0.2) is 0 Å². The Morgan fingerprint density at radius 1 is 0.938 bits per heavy atom. The van der Waals surface area contributed by atoms with Crippen LogP contribution in [-0.4, -0.2) is 11.0 Å². The first-order chi connectivity index (χ1) is 7.27. The van der Waals surface area contributed by atoms with E-state index in [1.165, 1.54) is 12.1 Å². The number of benzene rings is 1. The minimum absolute atomic E-state index is 0. The van der Waals surface area contributed by atoms with Crippen LogP contribution >= 0.6 is 0 Å². The molecule has 3 nitrogen and oxygen atoms in total. The predicted molar refractivity (Wildman–Crippen MR) is 54.0 cm³/mol. The van der Waals surface area contributed by atoms with Crippen molar-refractivity contribution in [3.8, 4) is 11.1 Å². The number of hydrogen-bond acceptors (Lipinski definition) is 3. The van der Waals surface area contributed by atoms with Crippen molar-refractivity contribution in [1.29, 1.82) is 0 Å². The van der Waals surface area contributed by atoms with Gasteiger partial charge >= 0.3 is 29.6 Å². The summed E-state index contributed by atoms with van der Waals surface area (Å²) in [6, 6.07) is 10.3. The monoisotopic (exact) mass is 221 g/mol. The number of carbonyl (C=O) groups is 1. The molecule has 16 heavy (non-hydrogen) atoms. The molecule has 0 radical (unpaired) electrons. The van der Waals surface area contributed by atoms with Gasteiger partial charge in [-0.3, -0.25) is 4.98 Å². The van der Waals surface area contributed by atoms with Gasteiger partial charge in [-0.05, 0) is 28.8 Å². The van der Waals surface area contributed by atoms with Gasteiger partial charge in [0.25, 0.3) is 0 Å². The molecule has 0 N–H and O–H groups in total. The largest absolute Gasteiger partial charge is 1.00 e. The molecule has 0 spiro atoms. The van der Waals surface area contributed by atoms with Gasteiger partial charge in [-0.15, -0.1) is 0 Å². The number of aromatic carboxylic acids is 1. The summed E-state index contributed by atoms with van der Waals surface area (Å²) in [5, 5.41) is 10.5. The zero-order valence-electron chi connectivity index (χ0n) is 8.88. The van der Waals surface area contributed by atoms with E-state index in [1.807, 2.05) is 12.1 Å². The number of rotatable bonds is 2. The van der Waals surface area contributed by atoms with Crippen molar-refractivity contribution >= 4 is 5.97 Å². The fourth-order valence-corrected chi connectivity index (χ4v) is 1.34. The first kappa shape index (κ1) is 12.9. The van der Waals surface area contributed by atoms with E-state index in [9.17, 15) is 9.90 Å². The molecule has 0 saturated carbocycles. The zero-order valence-corrected chi connectivity index (χ0v) is 10.9. The van der Waals surface area contributed by atoms with Crippen molar-refractivity contribution in [3.63, 3.8) is 0 Å². The van der Waals surface area contributed by atoms with E-state index in [1.54, 1.807) is 24.5 Å². The summed E-state index contributed by atoms with van der Waals surface area (Å²) in [6.45, 7) is 0. The molecule has 0 aliphatic rings. The molecule has 0 amide bonds. The normalized spacial score (nSPS) is 9.25. The molecule has 0 bridgehead atoms. The topological polar surface area (TPSA) is 53.0 Å². The first-order valence-electron chi connectivity index (χ1n) is 4.49. The molecule has 1 aromatic carbocycles. The van der Waals surface area contributed by atoms with Crippen molar-refractivity contribution in [2.24, 2.45) is 0 Å². The van der Waals surface area contributed by atoms with E-state index < -0.39 is 5.97 Å². The van der Waals surface area contributed by atoms with E-state index in [-0.39, 0.29) is 35.1 Å². The van der Waals surface area contributed by atoms with Crippen LogP contribution < -0.4 is 34.7 Å². The van der Waals surface area contributed by atoms with Crippen LogP contribution in [0.3, 0.4) is 0 Å². The quantitative estimate of drug-likeness (QED) is 0.557. The molecule has 0 atom stereocenters. The summed E-state index contributed by atoms with van der Waals surface area (Å²) in [5.41, 5.74) is 2.16. The molecular formula is C12H8NNaO2. The maximum atomic E-state index is 10.5. The van der Waals surface area contributed by atoms with Crippen LogP contribution in [0.5, 0.6) is 0 Å². The molecule has 2 rings (SSSR count). The minimum atomic E-state index is -1.16. The molecule has 1 heterocycles. The van der Waals surface area contributed by atoms with E-state index in [2.05, 4.69) is 4.98 Å². The van der Waals surface area contributed by atoms with Gasteiger partial charge in [-0.1, -0.05) is 24.3 Å². The summed E-state index contributed by atoms with van der Waals surface area (Å²) < 4.78 is 0. The second-order valence-corrected chi connectivity index (χ2v) is 3.10. The summed E-state index contributed by atoms with van der Waals surface area (Å²) in [6.07, 6.45) is 3.39. The average molecular weight is 221 g/mol. The Kier molecular flexibility index (Phi) is 4.68. The van der Waals surface area contributed by atoms with E-state index >= 15 is 0 Å². The minimum Gasteiger partial charge on any atom is -0.545 e. The van der Waals surface area contributed by atoms with Gasteiger partial charge in [0, 0.05) is 12.4 Å². The number of carboxylic acid groups (broad SMARTS) is 1. The second-order valence-electron chi connectivity index (χ2n) is 3.10. The molecule has 4 heteroatoms. The molecule has 74 valence electrons. The molecule has 0 fully saturated rings. The van der Waals surface area contributed by atoms with Crippen molar-refractivity contribution in [3.05, 3.63) is 54.4 Å². The molecule has 0 aliphatic carbocycles. The van der Waals surface area contributed by atoms with Gasteiger partial charge in [-0.25, -0.2) is 0 Å². The van der Waals surface area contributed by atoms with Crippen LogP contribution in [-0.2, 0) is 0 Å². The summed E-state index contributed by atoms with van der Waals surface area (Å²) in [4.78, 5) is 14.4. The summed E-state index contributed by atoms with van der Waals surface area (Å²) in [7, 11) is 0. The van der Waals surface area contributed by atoms with Crippen LogP contribution in [0.1, 0.15) is 10.4 Å². The Morgan fingerprint density at radius 2 is 1.44 bits per heavy atom. The van der Waals surface area contributed by atoms with Crippen molar-refractivity contribution in [2.75, 3.05) is 0 Å². The van der Waals surface area contributed by atoms with Crippen molar-refractivity contribution in [1.82, 2.24) is 4.98 Å². The fraction of sp³-hybridized carbons (Fsp3) is 0. The Labute approximate surface area is 115 Å². The Balaban J connectivity index is 0.00000128. The van der Waals surface area contributed by atoms with Gasteiger partial charge in [0.1, 0.15) is 0 Å². The third kappa shape index (κ3) is 2.92. The number of carboxylic acids is 1. The maximum Gasteiger partial charge on any atom is 1.00 e. The second kappa shape index (κ2) is 5.80. The zero-order chi connectivity index (χ0) is 10.7. The Morgan fingerprint density at radius 3 is 1.94 bits per heavy atom. The molecule has 0 unspecified atom stereocenters. The molecule has 2 aromatic rings. The van der Waals surface area contributed by atoms with Crippen LogP contribution in [0.15, 0.2) is 48.8 Å². The van der Waals surface area contributed by atoms with Crippen molar-refractivity contribution < 1.29 is 39.5 Å². The van der Waals surface area contributed by atoms with Gasteiger partial charge in [-0.2, -0.15) is 0 Å². The molecule has 1 aromatic heterocycles. The Hall–Kier alpha value is -1.16. The number of aromatic nitrogens is 1. The van der Waals surface area contributed by atoms with Gasteiger partial charge in [0.2, 0.25) is 0 Å².